The molecule has 0 N–H and O–H groups in total. The highest BCUT2D eigenvalue weighted by atomic mass is 79.9. The second-order valence-electron chi connectivity index (χ2n) is 4.33. The summed E-state index contributed by atoms with van der Waals surface area (Å²) in [6, 6.07) is 9.86. The molecule has 0 radical (unpaired) electrons. The van der Waals surface area contributed by atoms with E-state index in [1.54, 1.807) is 30.3 Å². The van der Waals surface area contributed by atoms with Crippen LogP contribution in [0.5, 0.6) is 5.75 Å². The predicted molar refractivity (Wildman–Crippen MR) is 90.3 cm³/mol. The number of benzene rings is 2. The molecule has 21 heavy (non-hydrogen) atoms. The fourth-order valence-electron chi connectivity index (χ4n) is 1.72. The Kier molecular flexibility index (Phi) is 5.55. The Morgan fingerprint density at radius 3 is 2.33 bits per heavy atom. The van der Waals surface area contributed by atoms with Crippen molar-refractivity contribution in [2.24, 2.45) is 0 Å². The van der Waals surface area contributed by atoms with E-state index < -0.39 is 5.01 Å². The molecule has 2 rings (SSSR count). The molecular formula is C15H10BrCl3O2. The van der Waals surface area contributed by atoms with Crippen molar-refractivity contribution >= 4 is 56.5 Å². The number of aryl methyl sites for hydroxylation is 1. The largest absolute Gasteiger partial charge is 0.471 e. The van der Waals surface area contributed by atoms with E-state index in [1.165, 1.54) is 6.07 Å². The van der Waals surface area contributed by atoms with Gasteiger partial charge in [0.05, 0.1) is 5.02 Å². The molecule has 0 aliphatic rings. The van der Waals surface area contributed by atoms with Gasteiger partial charge in [0.1, 0.15) is 5.75 Å². The van der Waals surface area contributed by atoms with Gasteiger partial charge in [-0.05, 0) is 64.8 Å². The van der Waals surface area contributed by atoms with E-state index in [2.05, 4.69) is 15.9 Å². The van der Waals surface area contributed by atoms with Crippen molar-refractivity contribution in [1.29, 1.82) is 0 Å². The van der Waals surface area contributed by atoms with Crippen LogP contribution >= 0.6 is 50.7 Å². The van der Waals surface area contributed by atoms with Crippen molar-refractivity contribution in [3.63, 3.8) is 0 Å². The first-order valence-electron chi connectivity index (χ1n) is 5.94. The van der Waals surface area contributed by atoms with Gasteiger partial charge in [-0.3, -0.25) is 4.79 Å². The highest BCUT2D eigenvalue weighted by Gasteiger charge is 2.22. The van der Waals surface area contributed by atoms with Gasteiger partial charge in [-0.2, -0.15) is 0 Å². The summed E-state index contributed by atoms with van der Waals surface area (Å²) in [5, 5.41) is 0.514. The van der Waals surface area contributed by atoms with Crippen molar-refractivity contribution in [3.05, 3.63) is 62.6 Å². The summed E-state index contributed by atoms with van der Waals surface area (Å²) in [5.74, 6) is 0.283. The first-order chi connectivity index (χ1) is 9.88. The second-order valence-corrected chi connectivity index (χ2v) is 6.44. The lowest BCUT2D eigenvalue weighted by molar-refractivity contribution is 0.0897. The standard InChI is InChI=1S/C15H10BrCl3O2/c1-8-6-9(17)3-5-13(8)21-15(16)14(20)11-4-2-10(18)7-12(11)19/h2-7,15H,1H3. The normalized spacial score (nSPS) is 12.0. The summed E-state index contributed by atoms with van der Waals surface area (Å²) in [6.07, 6.45) is 0. The SMILES string of the molecule is Cc1cc(Cl)ccc1OC(Br)C(=O)c1ccc(Cl)cc1Cl. The Bertz CT molecular complexity index is 689. The molecule has 2 aromatic carbocycles. The molecule has 6 heteroatoms. The minimum atomic E-state index is -0.851. The average molecular weight is 409 g/mol. The number of rotatable bonds is 4. The molecular weight excluding hydrogens is 398 g/mol. The Labute approximate surface area is 146 Å². The first kappa shape index (κ1) is 16.6. The van der Waals surface area contributed by atoms with Gasteiger partial charge in [-0.15, -0.1) is 0 Å². The van der Waals surface area contributed by atoms with Crippen molar-refractivity contribution in [2.45, 2.75) is 11.9 Å². The number of halogens is 4. The maximum absolute atomic E-state index is 12.3. The van der Waals surface area contributed by atoms with Gasteiger partial charge in [0.25, 0.3) is 0 Å². The number of Topliss-reactive ketones (excluding diaryl/α,β-unsaturated/α-hetero) is 1. The molecule has 0 bridgehead atoms. The van der Waals surface area contributed by atoms with E-state index in [-0.39, 0.29) is 10.8 Å². The third-order valence-electron chi connectivity index (χ3n) is 2.77. The molecule has 0 aliphatic carbocycles. The van der Waals surface area contributed by atoms with Crippen LogP contribution in [0, 0.1) is 6.92 Å². The second kappa shape index (κ2) is 7.01. The Morgan fingerprint density at radius 1 is 1.10 bits per heavy atom. The summed E-state index contributed by atoms with van der Waals surface area (Å²) in [7, 11) is 0. The zero-order valence-electron chi connectivity index (χ0n) is 10.9. The van der Waals surface area contributed by atoms with Crippen LogP contribution < -0.4 is 4.74 Å². The molecule has 2 nitrogen and oxygen atoms in total. The van der Waals surface area contributed by atoms with E-state index in [9.17, 15) is 4.79 Å². The zero-order valence-corrected chi connectivity index (χ0v) is 14.7. The van der Waals surface area contributed by atoms with Gasteiger partial charge in [0, 0.05) is 15.6 Å². The summed E-state index contributed by atoms with van der Waals surface area (Å²) < 4.78 is 5.62. The van der Waals surface area contributed by atoms with E-state index in [4.69, 9.17) is 39.5 Å². The minimum Gasteiger partial charge on any atom is -0.471 e. The molecule has 0 heterocycles. The Morgan fingerprint density at radius 2 is 1.71 bits per heavy atom. The van der Waals surface area contributed by atoms with Crippen LogP contribution in [0.1, 0.15) is 15.9 Å². The molecule has 110 valence electrons. The molecule has 2 aromatic rings. The molecule has 1 atom stereocenters. The lowest BCUT2D eigenvalue weighted by atomic mass is 10.1. The van der Waals surface area contributed by atoms with E-state index >= 15 is 0 Å². The van der Waals surface area contributed by atoms with E-state index in [0.717, 1.165) is 5.56 Å². The molecule has 0 saturated carbocycles. The summed E-state index contributed by atoms with van der Waals surface area (Å²) in [5.41, 5.74) is 1.18. The molecule has 0 saturated heterocycles. The fraction of sp³-hybridized carbons (Fsp3) is 0.133. The number of ketones is 1. The van der Waals surface area contributed by atoms with Gasteiger partial charge in [0.2, 0.25) is 10.8 Å². The lowest BCUT2D eigenvalue weighted by Crippen LogP contribution is -2.21. The molecule has 0 fully saturated rings. The number of ether oxygens (including phenoxy) is 1. The fourth-order valence-corrected chi connectivity index (χ4v) is 2.90. The quantitative estimate of drug-likeness (QED) is 0.462. The Balaban J connectivity index is 2.19. The number of hydrogen-bond acceptors (Lipinski definition) is 2. The van der Waals surface area contributed by atoms with Crippen LogP contribution in [0.3, 0.4) is 0 Å². The number of alkyl halides is 1. The molecule has 1 unspecified atom stereocenters. The molecule has 0 spiro atoms. The summed E-state index contributed by atoms with van der Waals surface area (Å²) in [6.45, 7) is 1.85. The van der Waals surface area contributed by atoms with Crippen LogP contribution in [0.25, 0.3) is 0 Å². The van der Waals surface area contributed by atoms with Crippen molar-refractivity contribution in [1.82, 2.24) is 0 Å². The topological polar surface area (TPSA) is 26.3 Å². The van der Waals surface area contributed by atoms with Gasteiger partial charge >= 0.3 is 0 Å². The third kappa shape index (κ3) is 4.13. The van der Waals surface area contributed by atoms with E-state index in [1.807, 2.05) is 6.92 Å². The minimum absolute atomic E-state index is 0.286. The van der Waals surface area contributed by atoms with Crippen molar-refractivity contribution < 1.29 is 9.53 Å². The van der Waals surface area contributed by atoms with E-state index in [0.29, 0.717) is 21.4 Å². The number of hydrogen-bond donors (Lipinski definition) is 0. The van der Waals surface area contributed by atoms with Crippen LogP contribution in [-0.4, -0.2) is 10.8 Å². The average Bonchev–Trinajstić information content (AvgIpc) is 2.41. The Hall–Kier alpha value is -0.740. The number of carbonyl (C=O) groups is 1. The maximum atomic E-state index is 12.3. The van der Waals surface area contributed by atoms with Gasteiger partial charge in [-0.1, -0.05) is 34.8 Å². The summed E-state index contributed by atoms with van der Waals surface area (Å²) in [4.78, 5) is 12.3. The summed E-state index contributed by atoms with van der Waals surface area (Å²) >= 11 is 20.9. The van der Waals surface area contributed by atoms with Crippen molar-refractivity contribution in [3.8, 4) is 5.75 Å². The highest BCUT2D eigenvalue weighted by Crippen LogP contribution is 2.27. The molecule has 0 aliphatic heterocycles. The zero-order chi connectivity index (χ0) is 15.6. The predicted octanol–water partition coefficient (Wildman–Crippen LogP) is 5.94. The van der Waals surface area contributed by atoms with Crippen LogP contribution in [0.4, 0.5) is 0 Å². The maximum Gasteiger partial charge on any atom is 0.215 e. The first-order valence-corrected chi connectivity index (χ1v) is 7.99. The number of carbonyl (C=O) groups excluding carboxylic acids is 1. The molecule has 0 amide bonds. The lowest BCUT2D eigenvalue weighted by Gasteiger charge is -2.15. The monoisotopic (exact) mass is 406 g/mol. The van der Waals surface area contributed by atoms with Crippen LogP contribution in [0.2, 0.25) is 15.1 Å². The molecule has 0 aromatic heterocycles. The van der Waals surface area contributed by atoms with Gasteiger partial charge < -0.3 is 4.74 Å². The third-order valence-corrected chi connectivity index (χ3v) is 4.16. The van der Waals surface area contributed by atoms with Crippen LogP contribution in [-0.2, 0) is 0 Å². The van der Waals surface area contributed by atoms with Crippen LogP contribution in [0.15, 0.2) is 36.4 Å². The van der Waals surface area contributed by atoms with Gasteiger partial charge in [-0.25, -0.2) is 0 Å². The van der Waals surface area contributed by atoms with Gasteiger partial charge in [0.15, 0.2) is 0 Å². The van der Waals surface area contributed by atoms with Crippen molar-refractivity contribution in [2.75, 3.05) is 0 Å². The smallest absolute Gasteiger partial charge is 0.215 e. The highest BCUT2D eigenvalue weighted by molar-refractivity contribution is 9.09.